The van der Waals surface area contributed by atoms with Crippen molar-refractivity contribution in [1.29, 1.82) is 0 Å². The number of unbranched alkanes of at least 4 members (excludes halogenated alkanes) is 19. The normalized spacial score (nSPS) is 11.2. The van der Waals surface area contributed by atoms with Gasteiger partial charge in [-0.15, -0.1) is 0 Å². The molecule has 4 heteroatoms. The van der Waals surface area contributed by atoms with Crippen LogP contribution in [0.2, 0.25) is 0 Å². The topological polar surface area (TPSA) is 61.4 Å². The Morgan fingerprint density at radius 2 is 0.935 bits per heavy atom. The van der Waals surface area contributed by atoms with Crippen LogP contribution in [0.15, 0.2) is 0 Å². The van der Waals surface area contributed by atoms with Crippen molar-refractivity contribution in [2.24, 2.45) is 0 Å². The van der Waals surface area contributed by atoms with Crippen molar-refractivity contribution in [2.75, 3.05) is 26.2 Å². The van der Waals surface area contributed by atoms with E-state index in [9.17, 15) is 4.79 Å². The van der Waals surface area contributed by atoms with Crippen LogP contribution < -0.4 is 10.6 Å². The molecule has 0 spiro atoms. The van der Waals surface area contributed by atoms with Crippen molar-refractivity contribution in [2.45, 2.75) is 142 Å². The molecule has 1 amide bonds. The van der Waals surface area contributed by atoms with E-state index in [2.05, 4.69) is 17.6 Å². The maximum atomic E-state index is 11.7. The molecule has 0 aliphatic rings. The molecule has 0 aromatic carbocycles. The Bertz CT molecular complexity index is 350. The van der Waals surface area contributed by atoms with Gasteiger partial charge in [0.15, 0.2) is 0 Å². The zero-order chi connectivity index (χ0) is 22.7. The van der Waals surface area contributed by atoms with Crippen molar-refractivity contribution < 1.29 is 9.90 Å². The van der Waals surface area contributed by atoms with E-state index in [0.717, 1.165) is 13.0 Å². The highest BCUT2D eigenvalue weighted by molar-refractivity contribution is 5.75. The van der Waals surface area contributed by atoms with Crippen molar-refractivity contribution in [3.8, 4) is 0 Å². The zero-order valence-corrected chi connectivity index (χ0v) is 21.0. The molecule has 0 heterocycles. The summed E-state index contributed by atoms with van der Waals surface area (Å²) in [6.07, 6.45) is 28.3. The average Bonchev–Trinajstić information content (AvgIpc) is 2.77. The molecule has 0 radical (unpaired) electrons. The van der Waals surface area contributed by atoms with E-state index in [1.807, 2.05) is 0 Å². The predicted molar refractivity (Wildman–Crippen MR) is 136 cm³/mol. The van der Waals surface area contributed by atoms with Gasteiger partial charge in [0.1, 0.15) is 0 Å². The van der Waals surface area contributed by atoms with Crippen molar-refractivity contribution in [3.63, 3.8) is 0 Å². The number of rotatable bonds is 26. The zero-order valence-electron chi connectivity index (χ0n) is 21.0. The van der Waals surface area contributed by atoms with Crippen LogP contribution in [-0.4, -0.2) is 37.3 Å². The first-order valence-corrected chi connectivity index (χ1v) is 13.9. The van der Waals surface area contributed by atoms with Gasteiger partial charge in [0, 0.05) is 26.1 Å². The third kappa shape index (κ3) is 27.4. The summed E-state index contributed by atoms with van der Waals surface area (Å²) in [6.45, 7) is 4.41. The number of aliphatic hydroxyl groups is 1. The standard InChI is InChI=1S/C27H56N2O2/c1-2-3-4-5-6-7-8-9-10-11-12-13-14-15-16-17-18-19-20-21-22-27(31)29-24-23-28-25-26-30/h28,30H,2-26H2,1H3,(H,29,31). The van der Waals surface area contributed by atoms with Gasteiger partial charge in [0.2, 0.25) is 5.91 Å². The van der Waals surface area contributed by atoms with E-state index in [0.29, 0.717) is 19.5 Å². The summed E-state index contributed by atoms with van der Waals surface area (Å²) >= 11 is 0. The third-order valence-electron chi connectivity index (χ3n) is 6.17. The van der Waals surface area contributed by atoms with Crippen LogP contribution in [0.4, 0.5) is 0 Å². The van der Waals surface area contributed by atoms with E-state index in [1.54, 1.807) is 0 Å². The summed E-state index contributed by atoms with van der Waals surface area (Å²) in [4.78, 5) is 11.7. The molecular formula is C27H56N2O2. The monoisotopic (exact) mass is 440 g/mol. The van der Waals surface area contributed by atoms with Gasteiger partial charge in [0.25, 0.3) is 0 Å². The first-order valence-electron chi connectivity index (χ1n) is 13.9. The molecule has 4 nitrogen and oxygen atoms in total. The molecule has 0 aromatic rings. The fraction of sp³-hybridized carbons (Fsp3) is 0.963. The lowest BCUT2D eigenvalue weighted by Gasteiger charge is -2.06. The van der Waals surface area contributed by atoms with Crippen LogP contribution in [-0.2, 0) is 4.79 Å². The maximum absolute atomic E-state index is 11.7. The molecule has 0 aliphatic heterocycles. The second-order valence-corrected chi connectivity index (χ2v) is 9.29. The Hall–Kier alpha value is -0.610. The van der Waals surface area contributed by atoms with Crippen LogP contribution in [0.3, 0.4) is 0 Å². The first kappa shape index (κ1) is 30.4. The highest BCUT2D eigenvalue weighted by atomic mass is 16.3. The summed E-state index contributed by atoms with van der Waals surface area (Å²) in [5.41, 5.74) is 0. The van der Waals surface area contributed by atoms with Crippen molar-refractivity contribution in [1.82, 2.24) is 10.6 Å². The molecule has 0 unspecified atom stereocenters. The second-order valence-electron chi connectivity index (χ2n) is 9.29. The second kappa shape index (κ2) is 27.4. The minimum absolute atomic E-state index is 0.146. The minimum atomic E-state index is 0.146. The van der Waals surface area contributed by atoms with Crippen LogP contribution in [0.1, 0.15) is 142 Å². The van der Waals surface area contributed by atoms with Gasteiger partial charge in [-0.05, 0) is 6.42 Å². The third-order valence-corrected chi connectivity index (χ3v) is 6.17. The summed E-state index contributed by atoms with van der Waals surface area (Å²) < 4.78 is 0. The molecule has 0 saturated heterocycles. The van der Waals surface area contributed by atoms with Gasteiger partial charge in [-0.2, -0.15) is 0 Å². The molecule has 0 atom stereocenters. The fourth-order valence-electron chi connectivity index (χ4n) is 4.12. The van der Waals surface area contributed by atoms with Crippen LogP contribution in [0, 0.1) is 0 Å². The molecule has 31 heavy (non-hydrogen) atoms. The van der Waals surface area contributed by atoms with E-state index < -0.39 is 0 Å². The summed E-state index contributed by atoms with van der Waals surface area (Å²) in [5, 5.41) is 14.6. The quantitative estimate of drug-likeness (QED) is 0.128. The van der Waals surface area contributed by atoms with Crippen molar-refractivity contribution >= 4 is 5.91 Å². The van der Waals surface area contributed by atoms with Crippen molar-refractivity contribution in [3.05, 3.63) is 0 Å². The largest absolute Gasteiger partial charge is 0.395 e. The molecule has 0 rings (SSSR count). The molecule has 0 aliphatic carbocycles. The SMILES string of the molecule is CCCCCCCCCCCCCCCCCCCCCCC(=O)NCCNCCO. The Balaban J connectivity index is 3.08. The molecule has 0 aromatic heterocycles. The van der Waals surface area contributed by atoms with E-state index in [1.165, 1.54) is 122 Å². The summed E-state index contributed by atoms with van der Waals surface area (Å²) in [5.74, 6) is 0.160. The summed E-state index contributed by atoms with van der Waals surface area (Å²) in [6, 6.07) is 0. The van der Waals surface area contributed by atoms with E-state index >= 15 is 0 Å². The summed E-state index contributed by atoms with van der Waals surface area (Å²) in [7, 11) is 0. The smallest absolute Gasteiger partial charge is 0.220 e. The predicted octanol–water partition coefficient (Wildman–Crippen LogP) is 6.90. The number of hydrogen-bond acceptors (Lipinski definition) is 3. The first-order chi connectivity index (χ1) is 15.3. The van der Waals surface area contributed by atoms with Crippen LogP contribution in [0.25, 0.3) is 0 Å². The highest BCUT2D eigenvalue weighted by Gasteiger charge is 2.00. The number of hydrogen-bond donors (Lipinski definition) is 3. The maximum Gasteiger partial charge on any atom is 0.220 e. The number of carbonyl (C=O) groups is 1. The lowest BCUT2D eigenvalue weighted by molar-refractivity contribution is -0.121. The van der Waals surface area contributed by atoms with Gasteiger partial charge < -0.3 is 15.7 Å². The highest BCUT2D eigenvalue weighted by Crippen LogP contribution is 2.15. The molecule has 3 N–H and O–H groups in total. The van der Waals surface area contributed by atoms with Crippen LogP contribution >= 0.6 is 0 Å². The fourth-order valence-corrected chi connectivity index (χ4v) is 4.12. The Morgan fingerprint density at radius 1 is 0.548 bits per heavy atom. The molecule has 0 saturated carbocycles. The van der Waals surface area contributed by atoms with Crippen LogP contribution in [0.5, 0.6) is 0 Å². The molecular weight excluding hydrogens is 384 g/mol. The Kier molecular flexibility index (Phi) is 26.9. The van der Waals surface area contributed by atoms with E-state index in [4.69, 9.17) is 5.11 Å². The number of carbonyl (C=O) groups excluding carboxylic acids is 1. The van der Waals surface area contributed by atoms with Gasteiger partial charge in [-0.25, -0.2) is 0 Å². The average molecular weight is 441 g/mol. The number of aliphatic hydroxyl groups excluding tert-OH is 1. The number of nitrogens with one attached hydrogen (secondary N) is 2. The number of amides is 1. The molecule has 186 valence electrons. The van der Waals surface area contributed by atoms with Gasteiger partial charge in [0.05, 0.1) is 6.61 Å². The lowest BCUT2D eigenvalue weighted by atomic mass is 10.0. The lowest BCUT2D eigenvalue weighted by Crippen LogP contribution is -2.32. The van der Waals surface area contributed by atoms with Gasteiger partial charge in [-0.1, -0.05) is 129 Å². The minimum Gasteiger partial charge on any atom is -0.395 e. The van der Waals surface area contributed by atoms with Gasteiger partial charge >= 0.3 is 0 Å². The molecule has 0 bridgehead atoms. The van der Waals surface area contributed by atoms with E-state index in [-0.39, 0.29) is 12.5 Å². The van der Waals surface area contributed by atoms with Gasteiger partial charge in [-0.3, -0.25) is 4.79 Å². The Labute approximate surface area is 194 Å². The molecule has 0 fully saturated rings. The Morgan fingerprint density at radius 3 is 1.32 bits per heavy atom.